The minimum Gasteiger partial charge on any atom is -0.348 e. The van der Waals surface area contributed by atoms with Gasteiger partial charge in [0.25, 0.3) is 5.91 Å². The first-order valence-corrected chi connectivity index (χ1v) is 7.92. The van der Waals surface area contributed by atoms with Gasteiger partial charge in [0.15, 0.2) is 5.82 Å². The van der Waals surface area contributed by atoms with Gasteiger partial charge in [-0.15, -0.1) is 10.2 Å². The summed E-state index contributed by atoms with van der Waals surface area (Å²) in [5, 5.41) is 10.1. The number of alkyl halides is 3. The minimum absolute atomic E-state index is 0.0342. The molecule has 27 heavy (non-hydrogen) atoms. The van der Waals surface area contributed by atoms with Gasteiger partial charge in [0, 0.05) is 24.7 Å². The summed E-state index contributed by atoms with van der Waals surface area (Å²) in [6.07, 6.45) is -3.22. The van der Waals surface area contributed by atoms with Crippen LogP contribution < -0.4 is 5.32 Å². The van der Waals surface area contributed by atoms with Gasteiger partial charge >= 0.3 is 6.18 Å². The Kier molecular flexibility index (Phi) is 3.76. The summed E-state index contributed by atoms with van der Waals surface area (Å²) in [5.74, 6) is -0.839. The SMILES string of the molecule is Cn1cnnc1-c1cc(F)ccc1-c1cc2c(c(C(F)(F)F)c1)CNC2=O. The monoisotopic (exact) mass is 376 g/mol. The second-order valence-electron chi connectivity index (χ2n) is 6.19. The number of benzene rings is 2. The number of aryl methyl sites for hydroxylation is 1. The van der Waals surface area contributed by atoms with E-state index in [2.05, 4.69) is 15.5 Å². The molecule has 0 bridgehead atoms. The van der Waals surface area contributed by atoms with Crippen LogP contribution in [0.15, 0.2) is 36.7 Å². The van der Waals surface area contributed by atoms with Gasteiger partial charge in [-0.1, -0.05) is 6.07 Å². The van der Waals surface area contributed by atoms with E-state index >= 15 is 0 Å². The van der Waals surface area contributed by atoms with Crippen molar-refractivity contribution in [2.75, 3.05) is 0 Å². The summed E-state index contributed by atoms with van der Waals surface area (Å²) >= 11 is 0. The van der Waals surface area contributed by atoms with E-state index in [-0.39, 0.29) is 28.8 Å². The van der Waals surface area contributed by atoms with Crippen LogP contribution >= 0.6 is 0 Å². The van der Waals surface area contributed by atoms with Gasteiger partial charge in [0.2, 0.25) is 0 Å². The van der Waals surface area contributed by atoms with Gasteiger partial charge in [0.1, 0.15) is 12.1 Å². The largest absolute Gasteiger partial charge is 0.416 e. The van der Waals surface area contributed by atoms with Crippen molar-refractivity contribution in [2.45, 2.75) is 12.7 Å². The summed E-state index contributed by atoms with van der Waals surface area (Å²) in [6, 6.07) is 6.07. The maximum Gasteiger partial charge on any atom is 0.416 e. The standard InChI is InChI=1S/C18H12F4N4O/c1-26-8-24-25-16(26)12-6-10(19)2-3-11(12)9-4-13-14(7-23-17(13)27)15(5-9)18(20,21)22/h2-6,8H,7H2,1H3,(H,23,27). The Morgan fingerprint density at radius 2 is 1.89 bits per heavy atom. The molecule has 0 radical (unpaired) electrons. The van der Waals surface area contributed by atoms with E-state index in [1.807, 2.05) is 0 Å². The van der Waals surface area contributed by atoms with E-state index in [0.717, 1.165) is 12.1 Å². The quantitative estimate of drug-likeness (QED) is 0.696. The molecule has 2 heterocycles. The molecule has 1 N–H and O–H groups in total. The van der Waals surface area contributed by atoms with Crippen LogP contribution in [0.2, 0.25) is 0 Å². The molecule has 138 valence electrons. The van der Waals surface area contributed by atoms with Crippen molar-refractivity contribution >= 4 is 5.91 Å². The molecule has 0 spiro atoms. The summed E-state index contributed by atoms with van der Waals surface area (Å²) in [6.45, 7) is -0.178. The second-order valence-corrected chi connectivity index (χ2v) is 6.19. The highest BCUT2D eigenvalue weighted by atomic mass is 19.4. The third kappa shape index (κ3) is 2.84. The van der Waals surface area contributed by atoms with Crippen molar-refractivity contribution in [2.24, 2.45) is 7.05 Å². The Labute approximate surface area is 150 Å². The molecule has 5 nitrogen and oxygen atoms in total. The third-order valence-electron chi connectivity index (χ3n) is 4.47. The molecule has 0 atom stereocenters. The van der Waals surface area contributed by atoms with Gasteiger partial charge in [-0.25, -0.2) is 4.39 Å². The fourth-order valence-corrected chi connectivity index (χ4v) is 3.22. The van der Waals surface area contributed by atoms with Gasteiger partial charge in [-0.05, 0) is 41.0 Å². The smallest absolute Gasteiger partial charge is 0.348 e. The predicted octanol–water partition coefficient (Wildman–Crippen LogP) is 3.55. The van der Waals surface area contributed by atoms with Crippen molar-refractivity contribution in [1.29, 1.82) is 0 Å². The highest BCUT2D eigenvalue weighted by Gasteiger charge is 2.38. The number of hydrogen-bond acceptors (Lipinski definition) is 3. The number of carbonyl (C=O) groups is 1. The normalized spacial score (nSPS) is 13.6. The maximum atomic E-state index is 13.8. The molecule has 3 aromatic rings. The van der Waals surface area contributed by atoms with E-state index < -0.39 is 23.5 Å². The first-order valence-electron chi connectivity index (χ1n) is 7.92. The summed E-state index contributed by atoms with van der Waals surface area (Å²) in [5.41, 5.74) is -0.258. The number of rotatable bonds is 2. The lowest BCUT2D eigenvalue weighted by Crippen LogP contribution is -2.12. The number of halogens is 4. The number of nitrogens with zero attached hydrogens (tertiary/aromatic N) is 3. The van der Waals surface area contributed by atoms with Crippen LogP contribution in [0.4, 0.5) is 17.6 Å². The number of nitrogens with one attached hydrogen (secondary N) is 1. The Hall–Kier alpha value is -3.23. The highest BCUT2D eigenvalue weighted by Crippen LogP contribution is 2.40. The van der Waals surface area contributed by atoms with Gasteiger partial charge in [-0.3, -0.25) is 4.79 Å². The molecule has 1 amide bonds. The highest BCUT2D eigenvalue weighted by molar-refractivity contribution is 6.00. The van der Waals surface area contributed by atoms with Crippen molar-refractivity contribution in [1.82, 2.24) is 20.1 Å². The van der Waals surface area contributed by atoms with Gasteiger partial charge in [-0.2, -0.15) is 13.2 Å². The van der Waals surface area contributed by atoms with E-state index in [9.17, 15) is 22.4 Å². The van der Waals surface area contributed by atoms with Crippen molar-refractivity contribution in [3.8, 4) is 22.5 Å². The molecule has 0 fully saturated rings. The first kappa shape index (κ1) is 17.2. The molecule has 2 aromatic carbocycles. The lowest BCUT2D eigenvalue weighted by Gasteiger charge is -2.15. The number of aromatic nitrogens is 3. The number of amides is 1. The van der Waals surface area contributed by atoms with Crippen LogP contribution in [0, 0.1) is 5.82 Å². The maximum absolute atomic E-state index is 13.8. The molecule has 1 aliphatic rings. The minimum atomic E-state index is -4.63. The lowest BCUT2D eigenvalue weighted by atomic mass is 9.92. The Morgan fingerprint density at radius 3 is 2.56 bits per heavy atom. The van der Waals surface area contributed by atoms with Crippen LogP contribution in [0.25, 0.3) is 22.5 Å². The topological polar surface area (TPSA) is 59.8 Å². The molecule has 9 heteroatoms. The van der Waals surface area contributed by atoms with Crippen LogP contribution in [0.3, 0.4) is 0 Å². The summed E-state index contributed by atoms with van der Waals surface area (Å²) in [7, 11) is 1.64. The summed E-state index contributed by atoms with van der Waals surface area (Å²) < 4.78 is 56.0. The van der Waals surface area contributed by atoms with Crippen molar-refractivity contribution < 1.29 is 22.4 Å². The van der Waals surface area contributed by atoms with Crippen LogP contribution in [-0.2, 0) is 19.8 Å². The zero-order valence-electron chi connectivity index (χ0n) is 13.9. The fraction of sp³-hybridized carbons (Fsp3) is 0.167. The van der Waals surface area contributed by atoms with Crippen LogP contribution in [0.1, 0.15) is 21.5 Å². The van der Waals surface area contributed by atoms with Gasteiger partial charge in [0.05, 0.1) is 5.56 Å². The van der Waals surface area contributed by atoms with Gasteiger partial charge < -0.3 is 9.88 Å². The van der Waals surface area contributed by atoms with Crippen molar-refractivity contribution in [3.63, 3.8) is 0 Å². The molecule has 0 saturated carbocycles. The average Bonchev–Trinajstić information content (AvgIpc) is 3.19. The molecule has 0 unspecified atom stereocenters. The Bertz CT molecular complexity index is 1070. The predicted molar refractivity (Wildman–Crippen MR) is 88.0 cm³/mol. The zero-order valence-corrected chi connectivity index (χ0v) is 13.9. The Balaban J connectivity index is 2.00. The fourth-order valence-electron chi connectivity index (χ4n) is 3.22. The van der Waals surface area contributed by atoms with Crippen LogP contribution in [-0.4, -0.2) is 20.7 Å². The number of hydrogen-bond donors (Lipinski definition) is 1. The molecule has 0 aliphatic carbocycles. The molecule has 1 aliphatic heterocycles. The van der Waals surface area contributed by atoms with Crippen LogP contribution in [0.5, 0.6) is 0 Å². The van der Waals surface area contributed by atoms with Crippen molar-refractivity contribution in [3.05, 3.63) is 59.2 Å². The number of fused-ring (bicyclic) bond motifs is 1. The number of carbonyl (C=O) groups excluding carboxylic acids is 1. The molecule has 0 saturated heterocycles. The second kappa shape index (κ2) is 5.90. The third-order valence-corrected chi connectivity index (χ3v) is 4.47. The zero-order chi connectivity index (χ0) is 19.3. The molecule has 1 aromatic heterocycles. The Morgan fingerprint density at radius 1 is 1.11 bits per heavy atom. The lowest BCUT2D eigenvalue weighted by molar-refractivity contribution is -0.138. The summed E-state index contributed by atoms with van der Waals surface area (Å²) in [4.78, 5) is 12.0. The average molecular weight is 376 g/mol. The molecule has 4 rings (SSSR count). The van der Waals surface area contributed by atoms with E-state index in [1.165, 1.54) is 29.1 Å². The van der Waals surface area contributed by atoms with E-state index in [4.69, 9.17) is 0 Å². The molecular weight excluding hydrogens is 364 g/mol. The van der Waals surface area contributed by atoms with E-state index in [0.29, 0.717) is 11.4 Å². The van der Waals surface area contributed by atoms with E-state index in [1.54, 1.807) is 7.05 Å². The molecular formula is C18H12F4N4O. The first-order chi connectivity index (χ1) is 12.8.